The SMILES string of the molecule is O=C(C1C2C3CCC(C3)C12)N1CC[C@@H](O)C1. The van der Waals surface area contributed by atoms with Crippen molar-refractivity contribution in [2.45, 2.75) is 31.8 Å². The molecule has 0 aromatic carbocycles. The van der Waals surface area contributed by atoms with E-state index in [1.165, 1.54) is 19.3 Å². The summed E-state index contributed by atoms with van der Waals surface area (Å²) in [5.41, 5.74) is 0. The number of β-amino-alcohol motifs (C(OH)–C–C–N with tert-alkyl or cyclic N) is 1. The topological polar surface area (TPSA) is 40.5 Å². The Hall–Kier alpha value is -0.570. The first-order valence-corrected chi connectivity index (χ1v) is 6.72. The molecule has 16 heavy (non-hydrogen) atoms. The third-order valence-electron chi connectivity index (χ3n) is 5.50. The molecule has 2 bridgehead atoms. The van der Waals surface area contributed by atoms with Gasteiger partial charge in [-0.05, 0) is 49.4 Å². The van der Waals surface area contributed by atoms with Crippen LogP contribution in [0.2, 0.25) is 0 Å². The van der Waals surface area contributed by atoms with Crippen LogP contribution in [-0.4, -0.2) is 35.1 Å². The highest BCUT2D eigenvalue weighted by molar-refractivity contribution is 5.83. The summed E-state index contributed by atoms with van der Waals surface area (Å²) in [4.78, 5) is 14.2. The van der Waals surface area contributed by atoms with Crippen molar-refractivity contribution in [1.82, 2.24) is 4.90 Å². The van der Waals surface area contributed by atoms with E-state index in [2.05, 4.69) is 0 Å². The van der Waals surface area contributed by atoms with Crippen LogP contribution in [0, 0.1) is 29.6 Å². The number of hydrogen-bond acceptors (Lipinski definition) is 2. The normalized spacial score (nSPS) is 53.2. The first-order chi connectivity index (χ1) is 7.75. The van der Waals surface area contributed by atoms with E-state index in [0.717, 1.165) is 36.6 Å². The zero-order valence-corrected chi connectivity index (χ0v) is 9.51. The smallest absolute Gasteiger partial charge is 0.226 e. The van der Waals surface area contributed by atoms with Gasteiger partial charge in [0.05, 0.1) is 6.10 Å². The van der Waals surface area contributed by atoms with Gasteiger partial charge in [0.25, 0.3) is 0 Å². The highest BCUT2D eigenvalue weighted by Gasteiger charge is 2.68. The molecule has 1 amide bonds. The number of nitrogens with zero attached hydrogens (tertiary/aromatic N) is 1. The minimum Gasteiger partial charge on any atom is -0.391 e. The van der Waals surface area contributed by atoms with Crippen LogP contribution in [0.5, 0.6) is 0 Å². The summed E-state index contributed by atoms with van der Waals surface area (Å²) in [6.45, 7) is 1.37. The van der Waals surface area contributed by atoms with Crippen molar-refractivity contribution in [2.75, 3.05) is 13.1 Å². The maximum absolute atomic E-state index is 12.3. The van der Waals surface area contributed by atoms with E-state index in [1.54, 1.807) is 0 Å². The second-order valence-corrected chi connectivity index (χ2v) is 6.24. The number of rotatable bonds is 1. The predicted octanol–water partition coefficient (Wildman–Crippen LogP) is 0.872. The Balaban J connectivity index is 1.47. The van der Waals surface area contributed by atoms with E-state index >= 15 is 0 Å². The average molecular weight is 221 g/mol. The number of likely N-dealkylation sites (tertiary alicyclic amines) is 1. The lowest BCUT2D eigenvalue weighted by Crippen LogP contribution is -2.32. The third kappa shape index (κ3) is 1.10. The number of fused-ring (bicyclic) bond motifs is 5. The van der Waals surface area contributed by atoms with Crippen molar-refractivity contribution in [2.24, 2.45) is 29.6 Å². The molecule has 3 saturated carbocycles. The Kier molecular flexibility index (Phi) is 1.78. The van der Waals surface area contributed by atoms with Gasteiger partial charge in [0.1, 0.15) is 0 Å². The molecule has 1 heterocycles. The standard InChI is InChI=1S/C13H19NO2/c15-9-3-4-14(6-9)13(16)12-10-7-1-2-8(5-7)11(10)12/h7-12,15H,1-6H2/t7?,8?,9-,10?,11?,12?/m1/s1. The molecule has 88 valence electrons. The van der Waals surface area contributed by atoms with Crippen LogP contribution >= 0.6 is 0 Å². The number of carbonyl (C=O) groups excluding carboxylic acids is 1. The van der Waals surface area contributed by atoms with E-state index in [1.807, 2.05) is 4.90 Å². The minimum atomic E-state index is -0.265. The van der Waals surface area contributed by atoms with Gasteiger partial charge in [-0.25, -0.2) is 0 Å². The lowest BCUT2D eigenvalue weighted by Gasteiger charge is -2.17. The van der Waals surface area contributed by atoms with E-state index in [0.29, 0.717) is 18.4 Å². The van der Waals surface area contributed by atoms with Crippen LogP contribution in [0.1, 0.15) is 25.7 Å². The highest BCUT2D eigenvalue weighted by Crippen LogP contribution is 2.69. The molecule has 4 aliphatic rings. The highest BCUT2D eigenvalue weighted by atomic mass is 16.3. The Bertz CT molecular complexity index is 327. The van der Waals surface area contributed by atoms with E-state index in [9.17, 15) is 9.90 Å². The second-order valence-electron chi connectivity index (χ2n) is 6.24. The lowest BCUT2D eigenvalue weighted by atomic mass is 10.0. The van der Waals surface area contributed by atoms with Gasteiger partial charge in [0, 0.05) is 19.0 Å². The molecule has 0 aromatic heterocycles. The molecule has 3 aliphatic carbocycles. The quantitative estimate of drug-likeness (QED) is 0.714. The fourth-order valence-corrected chi connectivity index (χ4v) is 4.81. The summed E-state index contributed by atoms with van der Waals surface area (Å²) in [6, 6.07) is 0. The van der Waals surface area contributed by atoms with Gasteiger partial charge in [0.15, 0.2) is 0 Å². The Morgan fingerprint density at radius 3 is 2.38 bits per heavy atom. The fourth-order valence-electron chi connectivity index (χ4n) is 4.81. The van der Waals surface area contributed by atoms with Gasteiger partial charge in [0.2, 0.25) is 5.91 Å². The van der Waals surface area contributed by atoms with Crippen LogP contribution in [0.25, 0.3) is 0 Å². The van der Waals surface area contributed by atoms with Crippen LogP contribution < -0.4 is 0 Å². The summed E-state index contributed by atoms with van der Waals surface area (Å²) in [7, 11) is 0. The van der Waals surface area contributed by atoms with E-state index < -0.39 is 0 Å². The molecule has 5 atom stereocenters. The molecule has 0 radical (unpaired) electrons. The second kappa shape index (κ2) is 3.00. The van der Waals surface area contributed by atoms with Gasteiger partial charge in [-0.1, -0.05) is 0 Å². The summed E-state index contributed by atoms with van der Waals surface area (Å²) in [5, 5.41) is 9.48. The molecular formula is C13H19NO2. The maximum atomic E-state index is 12.3. The molecule has 4 rings (SSSR count). The first-order valence-electron chi connectivity index (χ1n) is 6.72. The van der Waals surface area contributed by atoms with Crippen molar-refractivity contribution in [3.05, 3.63) is 0 Å². The molecule has 0 aromatic rings. The lowest BCUT2D eigenvalue weighted by molar-refractivity contribution is -0.132. The zero-order chi connectivity index (χ0) is 10.9. The fraction of sp³-hybridized carbons (Fsp3) is 0.923. The Morgan fingerprint density at radius 2 is 1.81 bits per heavy atom. The van der Waals surface area contributed by atoms with Gasteiger partial charge in [-0.3, -0.25) is 4.79 Å². The Labute approximate surface area is 95.8 Å². The first kappa shape index (κ1) is 9.46. The van der Waals surface area contributed by atoms with Gasteiger partial charge in [-0.2, -0.15) is 0 Å². The van der Waals surface area contributed by atoms with Gasteiger partial charge < -0.3 is 10.0 Å². The number of hydrogen-bond donors (Lipinski definition) is 1. The average Bonchev–Trinajstić information content (AvgIpc) is 2.68. The van der Waals surface area contributed by atoms with Crippen molar-refractivity contribution >= 4 is 5.91 Å². The Morgan fingerprint density at radius 1 is 1.12 bits per heavy atom. The van der Waals surface area contributed by atoms with Crippen molar-refractivity contribution in [3.8, 4) is 0 Å². The van der Waals surface area contributed by atoms with Crippen LogP contribution in [0.4, 0.5) is 0 Å². The molecule has 1 N–H and O–H groups in total. The van der Waals surface area contributed by atoms with Gasteiger partial charge in [-0.15, -0.1) is 0 Å². The zero-order valence-electron chi connectivity index (χ0n) is 9.51. The molecule has 1 aliphatic heterocycles. The molecule has 3 nitrogen and oxygen atoms in total. The van der Waals surface area contributed by atoms with Crippen LogP contribution in [0.15, 0.2) is 0 Å². The number of aliphatic hydroxyl groups is 1. The van der Waals surface area contributed by atoms with Crippen molar-refractivity contribution in [3.63, 3.8) is 0 Å². The summed E-state index contributed by atoms with van der Waals surface area (Å²) < 4.78 is 0. The summed E-state index contributed by atoms with van der Waals surface area (Å²) >= 11 is 0. The molecule has 3 heteroatoms. The van der Waals surface area contributed by atoms with E-state index in [4.69, 9.17) is 0 Å². The predicted molar refractivity (Wildman–Crippen MR) is 58.5 cm³/mol. The molecular weight excluding hydrogens is 202 g/mol. The summed E-state index contributed by atoms with van der Waals surface area (Å²) in [5.74, 6) is 3.95. The largest absolute Gasteiger partial charge is 0.391 e. The van der Waals surface area contributed by atoms with Crippen molar-refractivity contribution < 1.29 is 9.90 Å². The molecule has 4 fully saturated rings. The summed E-state index contributed by atoms with van der Waals surface area (Å²) in [6.07, 6.45) is 4.66. The molecule has 1 saturated heterocycles. The number of amides is 1. The van der Waals surface area contributed by atoms with Crippen LogP contribution in [-0.2, 0) is 4.79 Å². The number of aliphatic hydroxyl groups excluding tert-OH is 1. The molecule has 0 spiro atoms. The maximum Gasteiger partial charge on any atom is 0.226 e. The monoisotopic (exact) mass is 221 g/mol. The minimum absolute atomic E-state index is 0.265. The molecule has 4 unspecified atom stereocenters. The van der Waals surface area contributed by atoms with Gasteiger partial charge >= 0.3 is 0 Å². The van der Waals surface area contributed by atoms with Crippen molar-refractivity contribution in [1.29, 1.82) is 0 Å². The van der Waals surface area contributed by atoms with E-state index in [-0.39, 0.29) is 6.10 Å². The third-order valence-corrected chi connectivity index (χ3v) is 5.50. The van der Waals surface area contributed by atoms with Crippen LogP contribution in [0.3, 0.4) is 0 Å². The number of carbonyl (C=O) groups is 1.